The van der Waals surface area contributed by atoms with E-state index in [0.29, 0.717) is 0 Å². The number of hydrogen-bond acceptors (Lipinski definition) is 2. The molecule has 0 bridgehead atoms. The van der Waals surface area contributed by atoms with Crippen molar-refractivity contribution in [3.8, 4) is 5.69 Å². The molecule has 2 unspecified atom stereocenters. The standard InChI is InChI=1S/C54H38N2SSi/c1-4-17-37(18-5-1)55-48-28-13-10-25-43(48)47-36-42(31-33-50(47)55)58(39-20-6-2-7-21-39,40-22-8-3-9-23-40)41-24-16-19-38(35-41)56-49-29-14-11-27-46(49)53-51(56)34-32-45-44-26-12-15-30-52(44)57-54(45)53/h1-36,46,49H. The summed E-state index contributed by atoms with van der Waals surface area (Å²) < 4.78 is 5.18. The van der Waals surface area contributed by atoms with Crippen LogP contribution in [0.25, 0.3) is 47.7 Å². The van der Waals surface area contributed by atoms with Crippen LogP contribution in [0.4, 0.5) is 11.4 Å². The highest BCUT2D eigenvalue weighted by Gasteiger charge is 2.44. The van der Waals surface area contributed by atoms with E-state index in [0.717, 1.165) is 0 Å². The number of fused-ring (bicyclic) bond motifs is 10. The van der Waals surface area contributed by atoms with Crippen molar-refractivity contribution < 1.29 is 0 Å². The number of anilines is 2. The molecule has 2 nitrogen and oxygen atoms in total. The van der Waals surface area contributed by atoms with Crippen molar-refractivity contribution in [2.75, 3.05) is 4.90 Å². The van der Waals surface area contributed by atoms with Gasteiger partial charge in [0.2, 0.25) is 0 Å². The Bertz CT molecular complexity index is 3210. The molecular weight excluding hydrogens is 737 g/mol. The lowest BCUT2D eigenvalue weighted by molar-refractivity contribution is 0.748. The third-order valence-corrected chi connectivity index (χ3v) is 18.6. The van der Waals surface area contributed by atoms with Gasteiger partial charge in [-0.15, -0.1) is 11.3 Å². The van der Waals surface area contributed by atoms with Gasteiger partial charge >= 0.3 is 0 Å². The van der Waals surface area contributed by atoms with Crippen LogP contribution in [0.1, 0.15) is 11.5 Å². The first-order valence-electron chi connectivity index (χ1n) is 20.2. The minimum absolute atomic E-state index is 0.191. The van der Waals surface area contributed by atoms with E-state index in [1.807, 2.05) is 11.3 Å². The maximum atomic E-state index is 2.62. The molecule has 4 heteroatoms. The second-order valence-electron chi connectivity index (χ2n) is 15.6. The van der Waals surface area contributed by atoms with Gasteiger partial charge in [0.1, 0.15) is 0 Å². The smallest absolute Gasteiger partial charge is 0.179 e. The Morgan fingerprint density at radius 2 is 1.05 bits per heavy atom. The first-order valence-corrected chi connectivity index (χ1v) is 23.0. The molecule has 0 N–H and O–H groups in total. The number of aromatic nitrogens is 1. The molecule has 2 aliphatic rings. The summed E-state index contributed by atoms with van der Waals surface area (Å²) in [5.74, 6) is 0.273. The molecule has 2 aromatic heterocycles. The van der Waals surface area contributed by atoms with Crippen LogP contribution in [0.5, 0.6) is 0 Å². The fourth-order valence-corrected chi connectivity index (χ4v) is 16.3. The molecule has 3 heterocycles. The number of nitrogens with zero attached hydrogens (tertiary/aromatic N) is 2. The summed E-state index contributed by atoms with van der Waals surface area (Å²) in [4.78, 5) is 2.62. The van der Waals surface area contributed by atoms with Crippen molar-refractivity contribution in [3.05, 3.63) is 224 Å². The topological polar surface area (TPSA) is 8.17 Å². The van der Waals surface area contributed by atoms with E-state index in [1.165, 1.54) is 85.4 Å². The van der Waals surface area contributed by atoms with Crippen molar-refractivity contribution in [3.63, 3.8) is 0 Å². The third-order valence-electron chi connectivity index (χ3n) is 12.7. The predicted molar refractivity (Wildman–Crippen MR) is 251 cm³/mol. The zero-order valence-corrected chi connectivity index (χ0v) is 33.6. The van der Waals surface area contributed by atoms with Gasteiger partial charge in [0, 0.05) is 59.5 Å². The fourth-order valence-electron chi connectivity index (χ4n) is 10.2. The Morgan fingerprint density at radius 1 is 0.431 bits per heavy atom. The second-order valence-corrected chi connectivity index (χ2v) is 20.4. The Hall–Kier alpha value is -6.72. The summed E-state index contributed by atoms with van der Waals surface area (Å²) in [6, 6.07) is 73.1. The quantitative estimate of drug-likeness (QED) is 0.121. The molecule has 8 aromatic carbocycles. The highest BCUT2D eigenvalue weighted by Crippen LogP contribution is 2.53. The van der Waals surface area contributed by atoms with Gasteiger partial charge < -0.3 is 9.47 Å². The van der Waals surface area contributed by atoms with Crippen LogP contribution >= 0.6 is 11.3 Å². The third kappa shape index (κ3) is 4.83. The van der Waals surface area contributed by atoms with Gasteiger partial charge in [-0.3, -0.25) is 0 Å². The first kappa shape index (κ1) is 33.4. The zero-order valence-electron chi connectivity index (χ0n) is 31.7. The van der Waals surface area contributed by atoms with Crippen LogP contribution < -0.4 is 25.6 Å². The van der Waals surface area contributed by atoms with Crippen molar-refractivity contribution in [1.82, 2.24) is 4.57 Å². The van der Waals surface area contributed by atoms with Crippen LogP contribution in [0.15, 0.2) is 218 Å². The molecule has 1 aliphatic carbocycles. The lowest BCUT2D eigenvalue weighted by atomic mass is 9.90. The van der Waals surface area contributed by atoms with Gasteiger partial charge in [-0.1, -0.05) is 170 Å². The van der Waals surface area contributed by atoms with Crippen LogP contribution in [-0.2, 0) is 0 Å². The van der Waals surface area contributed by atoms with Gasteiger partial charge in [-0.2, -0.15) is 0 Å². The summed E-state index contributed by atoms with van der Waals surface area (Å²) in [5, 5.41) is 10.7. The normalized spacial score (nSPS) is 16.1. The van der Waals surface area contributed by atoms with Gasteiger partial charge in [0.15, 0.2) is 8.07 Å². The van der Waals surface area contributed by atoms with Crippen molar-refractivity contribution in [2.24, 2.45) is 0 Å². The molecular formula is C54H38N2SSi. The average molecular weight is 775 g/mol. The lowest BCUT2D eigenvalue weighted by Gasteiger charge is -2.36. The first-order chi connectivity index (χ1) is 28.8. The zero-order chi connectivity index (χ0) is 38.2. The Balaban J connectivity index is 1.12. The van der Waals surface area contributed by atoms with Crippen molar-refractivity contribution in [2.45, 2.75) is 12.0 Å². The van der Waals surface area contributed by atoms with E-state index < -0.39 is 8.07 Å². The second kappa shape index (κ2) is 13.2. The Morgan fingerprint density at radius 3 is 1.84 bits per heavy atom. The van der Waals surface area contributed by atoms with Crippen LogP contribution in [0.2, 0.25) is 0 Å². The molecule has 274 valence electrons. The van der Waals surface area contributed by atoms with Crippen LogP contribution in [-0.4, -0.2) is 18.7 Å². The maximum Gasteiger partial charge on any atom is 0.179 e. The molecule has 58 heavy (non-hydrogen) atoms. The number of benzene rings is 8. The lowest BCUT2D eigenvalue weighted by Crippen LogP contribution is -2.74. The highest BCUT2D eigenvalue weighted by molar-refractivity contribution is 7.26. The maximum absolute atomic E-state index is 2.92. The van der Waals surface area contributed by atoms with E-state index in [1.54, 1.807) is 0 Å². The van der Waals surface area contributed by atoms with E-state index in [-0.39, 0.29) is 12.0 Å². The highest BCUT2D eigenvalue weighted by atomic mass is 32.1. The monoisotopic (exact) mass is 774 g/mol. The number of hydrogen-bond donors (Lipinski definition) is 0. The molecule has 2 atom stereocenters. The Kier molecular flexibility index (Phi) is 7.59. The molecule has 0 fully saturated rings. The van der Waals surface area contributed by atoms with E-state index >= 15 is 0 Å². The van der Waals surface area contributed by atoms with E-state index in [4.69, 9.17) is 0 Å². The van der Waals surface area contributed by atoms with Gasteiger partial charge in [-0.25, -0.2) is 0 Å². The molecule has 0 radical (unpaired) electrons. The molecule has 1 aliphatic heterocycles. The average Bonchev–Trinajstić information content (AvgIpc) is 3.95. The largest absolute Gasteiger partial charge is 0.333 e. The fraction of sp³-hybridized carbons (Fsp3) is 0.0370. The number of para-hydroxylation sites is 2. The van der Waals surface area contributed by atoms with Crippen molar-refractivity contribution >= 4 is 93.5 Å². The van der Waals surface area contributed by atoms with E-state index in [9.17, 15) is 0 Å². The SMILES string of the molecule is C1=CC2c3c(ccc4c3sc3ccccc34)N(c3cccc([Si](c4ccccc4)(c4ccccc4)c4ccc5c(c4)c4ccccc4n5-c4ccccc4)c3)C2C=C1. The number of thiophene rings is 1. The van der Waals surface area contributed by atoms with Gasteiger partial charge in [-0.05, 0) is 69.3 Å². The minimum atomic E-state index is -2.92. The molecule has 0 saturated heterocycles. The summed E-state index contributed by atoms with van der Waals surface area (Å²) in [6.45, 7) is 0. The van der Waals surface area contributed by atoms with Gasteiger partial charge in [0.05, 0.1) is 17.1 Å². The van der Waals surface area contributed by atoms with Gasteiger partial charge in [0.25, 0.3) is 0 Å². The van der Waals surface area contributed by atoms with Crippen molar-refractivity contribution in [1.29, 1.82) is 0 Å². The predicted octanol–water partition coefficient (Wildman–Crippen LogP) is 11.3. The number of rotatable bonds is 6. The molecule has 12 rings (SSSR count). The molecule has 0 spiro atoms. The van der Waals surface area contributed by atoms with Crippen LogP contribution in [0, 0.1) is 0 Å². The summed E-state index contributed by atoms with van der Waals surface area (Å²) in [7, 11) is -2.92. The summed E-state index contributed by atoms with van der Waals surface area (Å²) in [5.41, 5.74) is 7.61. The summed E-state index contributed by atoms with van der Waals surface area (Å²) >= 11 is 1.94. The number of allylic oxidation sites excluding steroid dienone is 2. The molecule has 0 amide bonds. The summed E-state index contributed by atoms with van der Waals surface area (Å²) in [6.07, 6.45) is 9.31. The molecule has 10 aromatic rings. The minimum Gasteiger partial charge on any atom is -0.333 e. The molecule has 0 saturated carbocycles. The van der Waals surface area contributed by atoms with Crippen LogP contribution in [0.3, 0.4) is 0 Å². The van der Waals surface area contributed by atoms with E-state index in [2.05, 4.69) is 228 Å². The Labute approximate surface area is 342 Å².